The number of halogens is 1. The first-order chi connectivity index (χ1) is 14.5. The molecule has 0 bridgehead atoms. The first-order valence-corrected chi connectivity index (χ1v) is 10.5. The summed E-state index contributed by atoms with van der Waals surface area (Å²) in [4.78, 5) is 22.6. The lowest BCUT2D eigenvalue weighted by molar-refractivity contribution is -0.138. The molecule has 1 heterocycles. The van der Waals surface area contributed by atoms with Crippen LogP contribution in [0.25, 0.3) is 0 Å². The summed E-state index contributed by atoms with van der Waals surface area (Å²) in [5.41, 5.74) is 1.63. The van der Waals surface area contributed by atoms with E-state index in [1.165, 1.54) is 6.21 Å². The van der Waals surface area contributed by atoms with Gasteiger partial charge in [-0.3, -0.25) is 9.59 Å². The Bertz CT molecular complexity index is 994. The van der Waals surface area contributed by atoms with Crippen LogP contribution < -0.4 is 14.8 Å². The lowest BCUT2D eigenvalue weighted by atomic mass is 10.2. The quantitative estimate of drug-likeness (QED) is 0.432. The second-order valence-corrected chi connectivity index (χ2v) is 8.24. The number of carbonyl (C=O) groups is 2. The predicted octanol–water partition coefficient (Wildman–Crippen LogP) is 3.43. The SMILES string of the molecule is COc1cccc(C=N/N=C2\NC(=O)C(CC(=O)O)S2)c1OCc1ccc(Br)cc1. The van der Waals surface area contributed by atoms with E-state index in [2.05, 4.69) is 31.4 Å². The maximum absolute atomic E-state index is 11.8. The number of thioether (sulfide) groups is 1. The van der Waals surface area contributed by atoms with Crippen molar-refractivity contribution < 1.29 is 24.2 Å². The first-order valence-electron chi connectivity index (χ1n) is 8.81. The Balaban J connectivity index is 1.73. The fourth-order valence-corrected chi connectivity index (χ4v) is 3.75. The number of carbonyl (C=O) groups excluding carboxylic acids is 1. The van der Waals surface area contributed by atoms with Crippen LogP contribution >= 0.6 is 27.7 Å². The van der Waals surface area contributed by atoms with Gasteiger partial charge in [-0.2, -0.15) is 5.10 Å². The third-order valence-corrected chi connectivity index (χ3v) is 5.61. The van der Waals surface area contributed by atoms with Crippen molar-refractivity contribution in [3.8, 4) is 11.5 Å². The van der Waals surface area contributed by atoms with Gasteiger partial charge in [0.1, 0.15) is 11.9 Å². The van der Waals surface area contributed by atoms with Crippen LogP contribution in [0.15, 0.2) is 57.1 Å². The number of rotatable bonds is 8. The van der Waals surface area contributed by atoms with Crippen LogP contribution in [0.4, 0.5) is 0 Å². The number of nitrogens with zero attached hydrogens (tertiary/aromatic N) is 2. The summed E-state index contributed by atoms with van der Waals surface area (Å²) >= 11 is 4.44. The van der Waals surface area contributed by atoms with E-state index in [9.17, 15) is 9.59 Å². The molecule has 0 aliphatic carbocycles. The van der Waals surface area contributed by atoms with E-state index in [4.69, 9.17) is 14.6 Å². The van der Waals surface area contributed by atoms with E-state index in [0.717, 1.165) is 21.8 Å². The molecule has 10 heteroatoms. The highest BCUT2D eigenvalue weighted by atomic mass is 79.9. The number of nitrogens with one attached hydrogen (secondary N) is 1. The molecule has 1 aliphatic heterocycles. The molecule has 0 saturated carbocycles. The molecule has 1 amide bonds. The maximum atomic E-state index is 11.8. The minimum atomic E-state index is -1.05. The molecule has 156 valence electrons. The molecule has 1 unspecified atom stereocenters. The minimum absolute atomic E-state index is 0.253. The Hall–Kier alpha value is -2.85. The number of aliphatic carboxylic acids is 1. The van der Waals surface area contributed by atoms with Crippen LogP contribution in [0.3, 0.4) is 0 Å². The van der Waals surface area contributed by atoms with Crippen molar-refractivity contribution in [1.29, 1.82) is 0 Å². The summed E-state index contributed by atoms with van der Waals surface area (Å²) in [6.45, 7) is 0.339. The summed E-state index contributed by atoms with van der Waals surface area (Å²) in [5.74, 6) is -0.375. The lowest BCUT2D eigenvalue weighted by Gasteiger charge is -2.13. The molecule has 30 heavy (non-hydrogen) atoms. The molecule has 2 aromatic carbocycles. The number of methoxy groups -OCH3 is 1. The fourth-order valence-electron chi connectivity index (χ4n) is 2.57. The number of benzene rings is 2. The molecule has 1 aliphatic rings. The van der Waals surface area contributed by atoms with Gasteiger partial charge in [0, 0.05) is 10.0 Å². The summed E-state index contributed by atoms with van der Waals surface area (Å²) < 4.78 is 12.3. The van der Waals surface area contributed by atoms with Crippen molar-refractivity contribution in [2.45, 2.75) is 18.3 Å². The second kappa shape index (κ2) is 10.3. The number of hydrogen-bond acceptors (Lipinski definition) is 7. The predicted molar refractivity (Wildman–Crippen MR) is 118 cm³/mol. The van der Waals surface area contributed by atoms with Crippen molar-refractivity contribution >= 4 is 51.0 Å². The Morgan fingerprint density at radius 3 is 2.77 bits per heavy atom. The van der Waals surface area contributed by atoms with Gasteiger partial charge in [-0.1, -0.05) is 45.9 Å². The standard InChI is InChI=1S/C20H18BrN3O5S/c1-28-15-4-2-3-13(18(15)29-11-12-5-7-14(21)8-6-12)10-22-24-20-23-19(27)16(30-20)9-17(25)26/h2-8,10,16H,9,11H2,1H3,(H,25,26)(H,23,24,27). The maximum Gasteiger partial charge on any atom is 0.305 e. The molecule has 2 N–H and O–H groups in total. The van der Waals surface area contributed by atoms with Crippen LogP contribution in [-0.2, 0) is 16.2 Å². The van der Waals surface area contributed by atoms with Crippen LogP contribution in [-0.4, -0.2) is 40.7 Å². The molecule has 1 atom stereocenters. The molecule has 8 nitrogen and oxygen atoms in total. The van der Waals surface area contributed by atoms with E-state index < -0.39 is 17.1 Å². The number of para-hydroxylation sites is 1. The van der Waals surface area contributed by atoms with Crippen molar-refractivity contribution in [2.75, 3.05) is 7.11 Å². The van der Waals surface area contributed by atoms with Crippen molar-refractivity contribution in [3.05, 3.63) is 58.1 Å². The van der Waals surface area contributed by atoms with Crippen LogP contribution in [0.5, 0.6) is 11.5 Å². The Kier molecular flexibility index (Phi) is 7.47. The third-order valence-electron chi connectivity index (χ3n) is 4.01. The number of ether oxygens (including phenoxy) is 2. The largest absolute Gasteiger partial charge is 0.493 e. The van der Waals surface area contributed by atoms with Gasteiger partial charge in [0.25, 0.3) is 0 Å². The zero-order chi connectivity index (χ0) is 21.5. The summed E-state index contributed by atoms with van der Waals surface area (Å²) in [5, 5.41) is 18.9. The zero-order valence-electron chi connectivity index (χ0n) is 15.9. The van der Waals surface area contributed by atoms with Gasteiger partial charge in [-0.25, -0.2) is 0 Å². The van der Waals surface area contributed by atoms with Gasteiger partial charge in [-0.15, -0.1) is 5.10 Å². The molecular weight excluding hydrogens is 474 g/mol. The van der Waals surface area contributed by atoms with E-state index in [0.29, 0.717) is 23.7 Å². The van der Waals surface area contributed by atoms with Crippen LogP contribution in [0.1, 0.15) is 17.5 Å². The molecule has 1 fully saturated rings. The molecule has 0 radical (unpaired) electrons. The van der Waals surface area contributed by atoms with Gasteiger partial charge in [0.05, 0.1) is 19.7 Å². The lowest BCUT2D eigenvalue weighted by Crippen LogP contribution is -2.26. The van der Waals surface area contributed by atoms with Gasteiger partial charge in [-0.05, 0) is 29.8 Å². The monoisotopic (exact) mass is 491 g/mol. The van der Waals surface area contributed by atoms with Crippen molar-refractivity contribution in [2.24, 2.45) is 10.2 Å². The third kappa shape index (κ3) is 5.83. The molecule has 1 saturated heterocycles. The summed E-state index contributed by atoms with van der Waals surface area (Å²) in [7, 11) is 1.55. The highest BCUT2D eigenvalue weighted by Crippen LogP contribution is 2.31. The second-order valence-electron chi connectivity index (χ2n) is 6.14. The highest BCUT2D eigenvalue weighted by Gasteiger charge is 2.32. The zero-order valence-corrected chi connectivity index (χ0v) is 18.3. The Morgan fingerprint density at radius 1 is 1.30 bits per heavy atom. The van der Waals surface area contributed by atoms with Gasteiger partial charge >= 0.3 is 5.97 Å². The highest BCUT2D eigenvalue weighted by molar-refractivity contribution is 9.10. The summed E-state index contributed by atoms with van der Waals surface area (Å²) in [6, 6.07) is 13.2. The average Bonchev–Trinajstić information content (AvgIpc) is 3.06. The summed E-state index contributed by atoms with van der Waals surface area (Å²) in [6.07, 6.45) is 1.22. The molecule has 0 spiro atoms. The minimum Gasteiger partial charge on any atom is -0.493 e. The number of amides is 1. The van der Waals surface area contributed by atoms with Crippen molar-refractivity contribution in [3.63, 3.8) is 0 Å². The number of carboxylic acids is 1. The van der Waals surface area contributed by atoms with E-state index in [1.54, 1.807) is 25.3 Å². The first kappa shape index (κ1) is 21.8. The van der Waals surface area contributed by atoms with E-state index in [-0.39, 0.29) is 11.6 Å². The number of hydrogen-bond donors (Lipinski definition) is 2. The number of amidine groups is 1. The smallest absolute Gasteiger partial charge is 0.305 e. The van der Waals surface area contributed by atoms with Crippen molar-refractivity contribution in [1.82, 2.24) is 5.32 Å². The van der Waals surface area contributed by atoms with E-state index >= 15 is 0 Å². The Labute approximate surface area is 185 Å². The molecular formula is C20H18BrN3O5S. The molecule has 2 aromatic rings. The molecule has 3 rings (SSSR count). The molecule has 0 aromatic heterocycles. The van der Waals surface area contributed by atoms with Gasteiger partial charge in [0.2, 0.25) is 5.91 Å². The Morgan fingerprint density at radius 2 is 2.07 bits per heavy atom. The fraction of sp³-hybridized carbons (Fsp3) is 0.200. The van der Waals surface area contributed by atoms with Gasteiger partial charge < -0.3 is 19.9 Å². The van der Waals surface area contributed by atoms with Crippen LogP contribution in [0.2, 0.25) is 0 Å². The topological polar surface area (TPSA) is 110 Å². The van der Waals surface area contributed by atoms with Gasteiger partial charge in [0.15, 0.2) is 16.7 Å². The normalized spacial score (nSPS) is 17.3. The average molecular weight is 492 g/mol. The van der Waals surface area contributed by atoms with Crippen LogP contribution in [0, 0.1) is 0 Å². The van der Waals surface area contributed by atoms with E-state index in [1.807, 2.05) is 24.3 Å². The number of carboxylic acid groups (broad SMARTS) is 1.